The van der Waals surface area contributed by atoms with Crippen LogP contribution in [0.15, 0.2) is 18.3 Å². The topological polar surface area (TPSA) is 33.4 Å². The fraction of sp³-hybridized carbons (Fsp3) is 0.400. The van der Waals surface area contributed by atoms with Crippen LogP contribution >= 0.6 is 11.6 Å². The van der Waals surface area contributed by atoms with Gasteiger partial charge >= 0.3 is 11.8 Å². The molecule has 2 aromatic rings. The van der Waals surface area contributed by atoms with E-state index in [0.29, 0.717) is 5.65 Å². The van der Waals surface area contributed by atoms with Crippen LogP contribution in [-0.4, -0.2) is 39.5 Å². The molecular weight excluding hydrogens is 288 g/mol. The van der Waals surface area contributed by atoms with Crippen LogP contribution in [0.25, 0.3) is 5.65 Å². The highest BCUT2D eigenvalue weighted by Crippen LogP contribution is 2.42. The maximum absolute atomic E-state index is 13.2. The minimum absolute atomic E-state index is 0.0292. The van der Waals surface area contributed by atoms with Crippen molar-refractivity contribution >= 4 is 23.1 Å². The predicted molar refractivity (Wildman–Crippen MR) is 60.1 cm³/mol. The summed E-state index contributed by atoms with van der Waals surface area (Å²) in [5.74, 6) is -8.10. The molecule has 1 saturated heterocycles. The first-order valence-corrected chi connectivity index (χ1v) is 5.69. The van der Waals surface area contributed by atoms with Gasteiger partial charge in [-0.15, -0.1) is 0 Å². The molecule has 102 valence electrons. The molecule has 4 nitrogen and oxygen atoms in total. The molecule has 19 heavy (non-hydrogen) atoms. The molecule has 0 saturated carbocycles. The average Bonchev–Trinajstić information content (AvgIpc) is 2.80. The molecule has 0 bridgehead atoms. The molecule has 1 fully saturated rings. The van der Waals surface area contributed by atoms with Crippen molar-refractivity contribution in [3.8, 4) is 0 Å². The SMILES string of the molecule is FC1(F)CN(c2cc(Cl)nc3ccnn23)CC1(F)F. The molecule has 0 aromatic carbocycles. The van der Waals surface area contributed by atoms with E-state index in [0.717, 1.165) is 4.90 Å². The van der Waals surface area contributed by atoms with Gasteiger partial charge in [0.15, 0.2) is 5.65 Å². The van der Waals surface area contributed by atoms with Gasteiger partial charge in [0.2, 0.25) is 0 Å². The Balaban J connectivity index is 2.09. The molecule has 0 unspecified atom stereocenters. The summed E-state index contributed by atoms with van der Waals surface area (Å²) in [5.41, 5.74) is 0.307. The van der Waals surface area contributed by atoms with E-state index in [1.807, 2.05) is 0 Å². The molecule has 1 aliphatic heterocycles. The van der Waals surface area contributed by atoms with Gasteiger partial charge in [-0.3, -0.25) is 0 Å². The van der Waals surface area contributed by atoms with Gasteiger partial charge < -0.3 is 4.90 Å². The van der Waals surface area contributed by atoms with Crippen LogP contribution in [-0.2, 0) is 0 Å². The fourth-order valence-electron chi connectivity index (χ4n) is 2.02. The largest absolute Gasteiger partial charge is 0.344 e. The highest BCUT2D eigenvalue weighted by Gasteiger charge is 2.63. The Morgan fingerprint density at radius 3 is 2.42 bits per heavy atom. The zero-order chi connectivity index (χ0) is 13.8. The second kappa shape index (κ2) is 3.72. The van der Waals surface area contributed by atoms with Gasteiger partial charge in [0.05, 0.1) is 19.3 Å². The summed E-state index contributed by atoms with van der Waals surface area (Å²) >= 11 is 5.75. The first-order valence-electron chi connectivity index (χ1n) is 5.31. The lowest BCUT2D eigenvalue weighted by molar-refractivity contribution is -0.172. The molecule has 3 heterocycles. The molecular formula is C10H7ClF4N4. The van der Waals surface area contributed by atoms with E-state index in [4.69, 9.17) is 11.6 Å². The van der Waals surface area contributed by atoms with Crippen LogP contribution < -0.4 is 4.90 Å². The van der Waals surface area contributed by atoms with E-state index >= 15 is 0 Å². The van der Waals surface area contributed by atoms with Crippen LogP contribution in [0.4, 0.5) is 23.4 Å². The van der Waals surface area contributed by atoms with Gasteiger partial charge in [0.25, 0.3) is 0 Å². The summed E-state index contributed by atoms with van der Waals surface area (Å²) < 4.78 is 54.1. The third-order valence-corrected chi connectivity index (χ3v) is 3.14. The number of rotatable bonds is 1. The van der Waals surface area contributed by atoms with Crippen molar-refractivity contribution in [1.29, 1.82) is 0 Å². The second-order valence-electron chi connectivity index (χ2n) is 4.30. The number of alkyl halides is 4. The molecule has 0 radical (unpaired) electrons. The Morgan fingerprint density at radius 2 is 1.79 bits per heavy atom. The predicted octanol–water partition coefficient (Wildman–Crippen LogP) is 2.47. The van der Waals surface area contributed by atoms with Crippen molar-refractivity contribution in [2.24, 2.45) is 0 Å². The lowest BCUT2D eigenvalue weighted by atomic mass is 10.2. The molecule has 3 rings (SSSR count). The van der Waals surface area contributed by atoms with Crippen LogP contribution in [0.3, 0.4) is 0 Å². The third-order valence-electron chi connectivity index (χ3n) is 2.95. The molecule has 0 spiro atoms. The summed E-state index contributed by atoms with van der Waals surface area (Å²) in [6.07, 6.45) is 1.38. The Labute approximate surface area is 109 Å². The maximum atomic E-state index is 13.2. The number of aromatic nitrogens is 3. The Bertz CT molecular complexity index is 625. The van der Waals surface area contributed by atoms with Crippen molar-refractivity contribution in [1.82, 2.24) is 14.6 Å². The van der Waals surface area contributed by atoms with Gasteiger partial charge in [-0.2, -0.15) is 27.2 Å². The van der Waals surface area contributed by atoms with E-state index in [2.05, 4.69) is 10.1 Å². The smallest absolute Gasteiger partial charge is 0.329 e. The minimum atomic E-state index is -4.08. The summed E-state index contributed by atoms with van der Waals surface area (Å²) in [6, 6.07) is 2.74. The van der Waals surface area contributed by atoms with E-state index in [-0.39, 0.29) is 11.0 Å². The molecule has 1 aliphatic rings. The molecule has 0 atom stereocenters. The summed E-state index contributed by atoms with van der Waals surface area (Å²) in [6.45, 7) is -2.18. The summed E-state index contributed by atoms with van der Waals surface area (Å²) in [7, 11) is 0. The first kappa shape index (κ1) is 12.5. The van der Waals surface area contributed by atoms with Gasteiger partial charge in [0.1, 0.15) is 11.0 Å². The van der Waals surface area contributed by atoms with E-state index in [1.165, 1.54) is 22.8 Å². The second-order valence-corrected chi connectivity index (χ2v) is 4.69. The van der Waals surface area contributed by atoms with E-state index in [1.54, 1.807) is 0 Å². The maximum Gasteiger partial charge on any atom is 0.329 e. The van der Waals surface area contributed by atoms with Crippen LogP contribution in [0, 0.1) is 0 Å². The molecule has 0 aliphatic carbocycles. The van der Waals surface area contributed by atoms with Gasteiger partial charge in [0, 0.05) is 12.1 Å². The first-order chi connectivity index (χ1) is 8.80. The third kappa shape index (κ3) is 1.81. The molecule has 2 aromatic heterocycles. The van der Waals surface area contributed by atoms with Crippen molar-refractivity contribution in [3.05, 3.63) is 23.5 Å². The van der Waals surface area contributed by atoms with Gasteiger partial charge in [-0.05, 0) is 0 Å². The number of anilines is 1. The Kier molecular flexibility index (Phi) is 2.44. The lowest BCUT2D eigenvalue weighted by Crippen LogP contribution is -2.38. The minimum Gasteiger partial charge on any atom is -0.344 e. The number of fused-ring (bicyclic) bond motifs is 1. The van der Waals surface area contributed by atoms with Crippen LogP contribution in [0.5, 0.6) is 0 Å². The van der Waals surface area contributed by atoms with Crippen molar-refractivity contribution in [2.75, 3.05) is 18.0 Å². The van der Waals surface area contributed by atoms with Crippen molar-refractivity contribution < 1.29 is 17.6 Å². The van der Waals surface area contributed by atoms with E-state index < -0.39 is 24.9 Å². The van der Waals surface area contributed by atoms with Crippen LogP contribution in [0.2, 0.25) is 5.15 Å². The van der Waals surface area contributed by atoms with Crippen LogP contribution in [0.1, 0.15) is 0 Å². The number of nitrogens with zero attached hydrogens (tertiary/aromatic N) is 4. The molecule has 0 amide bonds. The van der Waals surface area contributed by atoms with Crippen molar-refractivity contribution in [2.45, 2.75) is 11.8 Å². The summed E-state index contributed by atoms with van der Waals surface area (Å²) in [4.78, 5) is 4.76. The lowest BCUT2D eigenvalue weighted by Gasteiger charge is -2.18. The van der Waals surface area contributed by atoms with Gasteiger partial charge in [-0.25, -0.2) is 4.98 Å². The zero-order valence-electron chi connectivity index (χ0n) is 9.32. The Hall–Kier alpha value is -1.57. The molecule has 9 heteroatoms. The normalized spacial score (nSPS) is 21.2. The number of hydrogen-bond acceptors (Lipinski definition) is 3. The monoisotopic (exact) mass is 294 g/mol. The molecule has 0 N–H and O–H groups in total. The van der Waals surface area contributed by atoms with Gasteiger partial charge in [-0.1, -0.05) is 11.6 Å². The summed E-state index contributed by atoms with van der Waals surface area (Å²) in [5, 5.41) is 3.89. The average molecular weight is 295 g/mol. The van der Waals surface area contributed by atoms with Crippen molar-refractivity contribution in [3.63, 3.8) is 0 Å². The zero-order valence-corrected chi connectivity index (χ0v) is 10.1. The number of halogens is 5. The standard InChI is InChI=1S/C10H7ClF4N4/c11-6-3-8(19-7(17-6)1-2-16-19)18-4-9(12,13)10(14,15)5-18/h1-3H,4-5H2. The quantitative estimate of drug-likeness (QED) is 0.598. The highest BCUT2D eigenvalue weighted by atomic mass is 35.5. The van der Waals surface area contributed by atoms with E-state index in [9.17, 15) is 17.6 Å². The highest BCUT2D eigenvalue weighted by molar-refractivity contribution is 6.29. The Morgan fingerprint density at radius 1 is 1.16 bits per heavy atom. The number of hydrogen-bond donors (Lipinski definition) is 0. The fourth-order valence-corrected chi connectivity index (χ4v) is 2.21.